The molecule has 0 aliphatic carbocycles. The maximum Gasteiger partial charge on any atom is 0.306 e. The number of anilines is 2. The van der Waals surface area contributed by atoms with Gasteiger partial charge < -0.3 is 20.1 Å². The van der Waals surface area contributed by atoms with Crippen molar-refractivity contribution in [3.05, 3.63) is 36.5 Å². The minimum absolute atomic E-state index is 0.159. The van der Waals surface area contributed by atoms with Crippen LogP contribution in [0.15, 0.2) is 36.5 Å². The molecule has 0 bridgehead atoms. The van der Waals surface area contributed by atoms with Crippen molar-refractivity contribution >= 4 is 17.5 Å². The summed E-state index contributed by atoms with van der Waals surface area (Å²) in [6.45, 7) is 4.34. The molecule has 2 N–H and O–H groups in total. The van der Waals surface area contributed by atoms with Crippen molar-refractivity contribution in [2.45, 2.75) is 25.9 Å². The van der Waals surface area contributed by atoms with E-state index in [-0.39, 0.29) is 12.0 Å². The Labute approximate surface area is 152 Å². The summed E-state index contributed by atoms with van der Waals surface area (Å²) in [5.41, 5.74) is 3.14. The summed E-state index contributed by atoms with van der Waals surface area (Å²) in [6, 6.07) is 10.2. The van der Waals surface area contributed by atoms with E-state index < -0.39 is 5.97 Å². The summed E-state index contributed by atoms with van der Waals surface area (Å²) >= 11 is 0. The molecule has 4 rings (SSSR count). The molecule has 1 saturated heterocycles. The standard InChI is InChI=1S/C20H23N3O3/c1-13-11-21-17-4-2-15(10-18(17)26-13)16-3-5-19(22-12-16)23-8-6-14(7-9-23)20(24)25/h2-5,10,12-14,21H,6-9,11H2,1H3,(H,24,25). The molecule has 2 aromatic rings. The molecule has 3 heterocycles. The second-order valence-electron chi connectivity index (χ2n) is 7.02. The molecule has 2 aliphatic heterocycles. The van der Waals surface area contributed by atoms with Crippen LogP contribution in [0.3, 0.4) is 0 Å². The van der Waals surface area contributed by atoms with Crippen molar-refractivity contribution in [3.63, 3.8) is 0 Å². The number of piperidine rings is 1. The molecule has 0 radical (unpaired) electrons. The molecule has 1 fully saturated rings. The van der Waals surface area contributed by atoms with Gasteiger partial charge in [-0.15, -0.1) is 0 Å². The number of fused-ring (bicyclic) bond motifs is 1. The average Bonchev–Trinajstić information content (AvgIpc) is 2.67. The van der Waals surface area contributed by atoms with Gasteiger partial charge in [-0.25, -0.2) is 4.98 Å². The van der Waals surface area contributed by atoms with Crippen molar-refractivity contribution in [2.75, 3.05) is 29.9 Å². The summed E-state index contributed by atoms with van der Waals surface area (Å²) in [7, 11) is 0. The molecular weight excluding hydrogens is 330 g/mol. The number of ether oxygens (including phenoxy) is 1. The number of rotatable bonds is 3. The van der Waals surface area contributed by atoms with Crippen LogP contribution in [0.4, 0.5) is 11.5 Å². The fourth-order valence-electron chi connectivity index (χ4n) is 3.56. The first-order valence-electron chi connectivity index (χ1n) is 9.09. The van der Waals surface area contributed by atoms with Gasteiger partial charge in [-0.3, -0.25) is 4.79 Å². The quantitative estimate of drug-likeness (QED) is 0.882. The lowest BCUT2D eigenvalue weighted by Gasteiger charge is -2.31. The van der Waals surface area contributed by atoms with Gasteiger partial charge in [0.05, 0.1) is 18.2 Å². The Morgan fingerprint density at radius 3 is 2.69 bits per heavy atom. The van der Waals surface area contributed by atoms with E-state index in [4.69, 9.17) is 9.84 Å². The van der Waals surface area contributed by atoms with E-state index in [9.17, 15) is 4.79 Å². The highest BCUT2D eigenvalue weighted by atomic mass is 16.5. The molecule has 1 atom stereocenters. The van der Waals surface area contributed by atoms with Gasteiger partial charge in [0, 0.05) is 24.8 Å². The zero-order valence-corrected chi connectivity index (χ0v) is 14.8. The van der Waals surface area contributed by atoms with Crippen LogP contribution in [0, 0.1) is 5.92 Å². The summed E-state index contributed by atoms with van der Waals surface area (Å²) in [5.74, 6) is 0.867. The lowest BCUT2D eigenvalue weighted by atomic mass is 9.97. The Bertz CT molecular complexity index is 798. The number of aromatic nitrogens is 1. The summed E-state index contributed by atoms with van der Waals surface area (Å²) in [5, 5.41) is 12.5. The summed E-state index contributed by atoms with van der Waals surface area (Å²) in [4.78, 5) is 17.8. The molecule has 6 heteroatoms. The number of nitrogens with zero attached hydrogens (tertiary/aromatic N) is 2. The lowest BCUT2D eigenvalue weighted by molar-refractivity contribution is -0.142. The van der Waals surface area contributed by atoms with Gasteiger partial charge in [-0.1, -0.05) is 6.07 Å². The van der Waals surface area contributed by atoms with Crippen molar-refractivity contribution in [2.24, 2.45) is 5.92 Å². The minimum Gasteiger partial charge on any atom is -0.487 e. The van der Waals surface area contributed by atoms with Crippen LogP contribution in [-0.4, -0.2) is 41.8 Å². The monoisotopic (exact) mass is 353 g/mol. The third-order valence-corrected chi connectivity index (χ3v) is 5.14. The third kappa shape index (κ3) is 3.31. The number of pyridine rings is 1. The van der Waals surface area contributed by atoms with Gasteiger partial charge in [0.25, 0.3) is 0 Å². The Morgan fingerprint density at radius 2 is 2.00 bits per heavy atom. The van der Waals surface area contributed by atoms with Gasteiger partial charge in [0.15, 0.2) is 0 Å². The molecule has 0 saturated carbocycles. The van der Waals surface area contributed by atoms with Crippen molar-refractivity contribution in [1.29, 1.82) is 0 Å². The normalized spacial score (nSPS) is 20.0. The molecule has 2 aliphatic rings. The van der Waals surface area contributed by atoms with E-state index in [0.717, 1.165) is 48.0 Å². The summed E-state index contributed by atoms with van der Waals surface area (Å²) < 4.78 is 5.90. The van der Waals surface area contributed by atoms with E-state index >= 15 is 0 Å². The highest BCUT2D eigenvalue weighted by Crippen LogP contribution is 2.34. The largest absolute Gasteiger partial charge is 0.487 e. The first-order chi connectivity index (χ1) is 12.6. The van der Waals surface area contributed by atoms with E-state index in [2.05, 4.69) is 27.3 Å². The molecule has 6 nitrogen and oxygen atoms in total. The molecule has 1 aromatic heterocycles. The minimum atomic E-state index is -0.689. The highest BCUT2D eigenvalue weighted by molar-refractivity contribution is 5.72. The Morgan fingerprint density at radius 1 is 1.23 bits per heavy atom. The number of benzene rings is 1. The van der Waals surface area contributed by atoms with Crippen LogP contribution in [0.1, 0.15) is 19.8 Å². The maximum absolute atomic E-state index is 11.1. The third-order valence-electron chi connectivity index (χ3n) is 5.14. The Kier molecular flexibility index (Phi) is 4.41. The fourth-order valence-corrected chi connectivity index (χ4v) is 3.56. The SMILES string of the molecule is CC1CNc2ccc(-c3ccc(N4CCC(C(=O)O)CC4)nc3)cc2O1. The lowest BCUT2D eigenvalue weighted by Crippen LogP contribution is -2.36. The predicted octanol–water partition coefficient (Wildman–Crippen LogP) is 3.24. The molecule has 26 heavy (non-hydrogen) atoms. The van der Waals surface area contributed by atoms with E-state index in [1.54, 1.807) is 0 Å². The molecule has 1 aromatic carbocycles. The first-order valence-corrected chi connectivity index (χ1v) is 9.09. The van der Waals surface area contributed by atoms with E-state index in [1.165, 1.54) is 0 Å². The second-order valence-corrected chi connectivity index (χ2v) is 7.02. The van der Waals surface area contributed by atoms with Crippen molar-refractivity contribution < 1.29 is 14.6 Å². The molecule has 0 spiro atoms. The maximum atomic E-state index is 11.1. The molecular formula is C20H23N3O3. The van der Waals surface area contributed by atoms with Crippen LogP contribution < -0.4 is 15.0 Å². The van der Waals surface area contributed by atoms with E-state index in [0.29, 0.717) is 12.8 Å². The average molecular weight is 353 g/mol. The molecule has 0 amide bonds. The number of carboxylic acid groups (broad SMARTS) is 1. The zero-order valence-electron chi connectivity index (χ0n) is 14.8. The van der Waals surface area contributed by atoms with Crippen molar-refractivity contribution in [1.82, 2.24) is 4.98 Å². The molecule has 136 valence electrons. The van der Waals surface area contributed by atoms with Gasteiger partial charge >= 0.3 is 5.97 Å². The number of carbonyl (C=O) groups is 1. The first kappa shape index (κ1) is 16.7. The van der Waals surface area contributed by atoms with Crippen LogP contribution >= 0.6 is 0 Å². The van der Waals surface area contributed by atoms with Crippen LogP contribution in [0.5, 0.6) is 5.75 Å². The topological polar surface area (TPSA) is 74.7 Å². The number of hydrogen-bond donors (Lipinski definition) is 2. The number of hydrogen-bond acceptors (Lipinski definition) is 5. The Balaban J connectivity index is 1.48. The fraction of sp³-hybridized carbons (Fsp3) is 0.400. The van der Waals surface area contributed by atoms with E-state index in [1.807, 2.05) is 31.3 Å². The van der Waals surface area contributed by atoms with Gasteiger partial charge in [-0.05, 0) is 49.6 Å². The number of aliphatic carboxylic acids is 1. The van der Waals surface area contributed by atoms with Crippen LogP contribution in [0.2, 0.25) is 0 Å². The van der Waals surface area contributed by atoms with Gasteiger partial charge in [0.1, 0.15) is 17.7 Å². The smallest absolute Gasteiger partial charge is 0.306 e. The summed E-state index contributed by atoms with van der Waals surface area (Å²) in [6.07, 6.45) is 3.38. The van der Waals surface area contributed by atoms with Gasteiger partial charge in [-0.2, -0.15) is 0 Å². The highest BCUT2D eigenvalue weighted by Gasteiger charge is 2.25. The number of carboxylic acids is 1. The van der Waals surface area contributed by atoms with Crippen LogP contribution in [-0.2, 0) is 4.79 Å². The van der Waals surface area contributed by atoms with Crippen molar-refractivity contribution in [3.8, 4) is 16.9 Å². The van der Waals surface area contributed by atoms with Gasteiger partial charge in [0.2, 0.25) is 0 Å². The number of nitrogens with one attached hydrogen (secondary N) is 1. The zero-order chi connectivity index (χ0) is 18.1. The predicted molar refractivity (Wildman–Crippen MR) is 101 cm³/mol. The van der Waals surface area contributed by atoms with Crippen LogP contribution in [0.25, 0.3) is 11.1 Å². The Hall–Kier alpha value is -2.76. The molecule has 1 unspecified atom stereocenters. The second kappa shape index (κ2) is 6.86.